The first-order valence-electron chi connectivity index (χ1n) is 3.60. The third-order valence-corrected chi connectivity index (χ3v) is 3.61. The summed E-state index contributed by atoms with van der Waals surface area (Å²) in [5, 5.41) is 3.07. The van der Waals surface area contributed by atoms with Gasteiger partial charge in [-0.3, -0.25) is 0 Å². The Labute approximate surface area is 93.6 Å². The highest BCUT2D eigenvalue weighted by Crippen LogP contribution is 2.29. The summed E-state index contributed by atoms with van der Waals surface area (Å²) in [7, 11) is -3.51. The number of nitrogens with zero attached hydrogens (tertiary/aromatic N) is 3. The van der Waals surface area contributed by atoms with Crippen molar-refractivity contribution in [3.05, 3.63) is 32.9 Å². The number of hydrogen-bond acceptors (Lipinski definition) is 3. The van der Waals surface area contributed by atoms with Crippen LogP contribution in [0.1, 0.15) is 0 Å². The summed E-state index contributed by atoms with van der Waals surface area (Å²) in [5.41, 5.74) is 7.87. The van der Waals surface area contributed by atoms with Crippen LogP contribution >= 0.6 is 15.9 Å². The normalized spacial score (nSPS) is 10.9. The van der Waals surface area contributed by atoms with Crippen molar-refractivity contribution < 1.29 is 12.8 Å². The predicted octanol–water partition coefficient (Wildman–Crippen LogP) is 2.93. The van der Waals surface area contributed by atoms with Gasteiger partial charge in [0.15, 0.2) is 9.84 Å². The first-order chi connectivity index (χ1) is 6.86. The summed E-state index contributed by atoms with van der Waals surface area (Å²) >= 11 is 2.96. The Bertz CT molecular complexity index is 552. The number of sulfone groups is 1. The molecule has 0 N–H and O–H groups in total. The van der Waals surface area contributed by atoms with Crippen molar-refractivity contribution in [2.75, 3.05) is 6.26 Å². The highest BCUT2D eigenvalue weighted by molar-refractivity contribution is 9.10. The van der Waals surface area contributed by atoms with Gasteiger partial charge >= 0.3 is 0 Å². The number of hydrogen-bond donors (Lipinski definition) is 0. The van der Waals surface area contributed by atoms with E-state index in [1.165, 1.54) is 0 Å². The number of halogens is 2. The van der Waals surface area contributed by atoms with Gasteiger partial charge in [0.1, 0.15) is 5.82 Å². The summed E-state index contributed by atoms with van der Waals surface area (Å²) < 4.78 is 35.7. The van der Waals surface area contributed by atoms with E-state index in [2.05, 4.69) is 26.0 Å². The molecule has 1 aromatic carbocycles. The molecule has 0 spiro atoms. The van der Waals surface area contributed by atoms with E-state index in [9.17, 15) is 12.8 Å². The summed E-state index contributed by atoms with van der Waals surface area (Å²) in [6.45, 7) is 0. The topological polar surface area (TPSA) is 82.9 Å². The summed E-state index contributed by atoms with van der Waals surface area (Å²) in [6.07, 6.45) is 0.958. The first kappa shape index (κ1) is 12.0. The van der Waals surface area contributed by atoms with Gasteiger partial charge in [-0.2, -0.15) is 0 Å². The molecule has 0 heterocycles. The predicted molar refractivity (Wildman–Crippen MR) is 56.0 cm³/mol. The van der Waals surface area contributed by atoms with Crippen molar-refractivity contribution in [1.82, 2.24) is 0 Å². The smallest absolute Gasteiger partial charge is 0.176 e. The molecule has 0 atom stereocenters. The quantitative estimate of drug-likeness (QED) is 0.477. The van der Waals surface area contributed by atoms with E-state index in [1.807, 2.05) is 0 Å². The molecule has 1 aromatic rings. The molecule has 1 rings (SSSR count). The molecule has 8 heteroatoms. The third-order valence-electron chi connectivity index (χ3n) is 1.55. The average Bonchev–Trinajstić information content (AvgIpc) is 2.09. The fourth-order valence-corrected chi connectivity index (χ4v) is 2.87. The zero-order valence-corrected chi connectivity index (χ0v) is 9.88. The van der Waals surface area contributed by atoms with Gasteiger partial charge < -0.3 is 0 Å². The maximum Gasteiger partial charge on any atom is 0.176 e. The minimum Gasteiger partial charge on any atom is -0.224 e. The number of rotatable bonds is 2. The summed E-state index contributed by atoms with van der Waals surface area (Å²) in [5.74, 6) is -0.878. The Morgan fingerprint density at radius 2 is 2.13 bits per heavy atom. The van der Waals surface area contributed by atoms with Crippen molar-refractivity contribution in [3.8, 4) is 0 Å². The lowest BCUT2D eigenvalue weighted by Crippen LogP contribution is -1.99. The van der Waals surface area contributed by atoms with Gasteiger partial charge in [0.05, 0.1) is 10.6 Å². The van der Waals surface area contributed by atoms with Crippen LogP contribution in [0.3, 0.4) is 0 Å². The Balaban J connectivity index is 3.52. The lowest BCUT2D eigenvalue weighted by molar-refractivity contribution is 0.595. The van der Waals surface area contributed by atoms with E-state index in [0.29, 0.717) is 0 Å². The van der Waals surface area contributed by atoms with Crippen LogP contribution in [0.4, 0.5) is 10.1 Å². The van der Waals surface area contributed by atoms with Gasteiger partial charge in [-0.05, 0) is 33.6 Å². The van der Waals surface area contributed by atoms with Crippen molar-refractivity contribution >= 4 is 31.5 Å². The van der Waals surface area contributed by atoms with Crippen molar-refractivity contribution in [2.24, 2.45) is 5.11 Å². The lowest BCUT2D eigenvalue weighted by Gasteiger charge is -2.03. The van der Waals surface area contributed by atoms with Crippen LogP contribution in [0.2, 0.25) is 0 Å². The van der Waals surface area contributed by atoms with Crippen LogP contribution in [-0.4, -0.2) is 14.7 Å². The monoisotopic (exact) mass is 293 g/mol. The van der Waals surface area contributed by atoms with Crippen LogP contribution in [0.5, 0.6) is 0 Å². The molecule has 0 aromatic heterocycles. The molecule has 80 valence electrons. The van der Waals surface area contributed by atoms with Gasteiger partial charge in [0, 0.05) is 15.6 Å². The Hall–Kier alpha value is -1.11. The van der Waals surface area contributed by atoms with Crippen LogP contribution in [-0.2, 0) is 9.84 Å². The minimum absolute atomic E-state index is 0.161. The Kier molecular flexibility index (Phi) is 3.33. The van der Waals surface area contributed by atoms with Gasteiger partial charge in [0.2, 0.25) is 0 Å². The van der Waals surface area contributed by atoms with E-state index in [1.54, 1.807) is 0 Å². The molecule has 0 fully saturated rings. The molecule has 0 bridgehead atoms. The second-order valence-corrected chi connectivity index (χ2v) is 5.53. The molecule has 0 saturated carbocycles. The molecular weight excluding hydrogens is 289 g/mol. The zero-order valence-electron chi connectivity index (χ0n) is 7.48. The van der Waals surface area contributed by atoms with E-state index in [4.69, 9.17) is 5.53 Å². The molecule has 0 saturated heterocycles. The maximum atomic E-state index is 13.2. The number of azide groups is 1. The van der Waals surface area contributed by atoms with Crippen molar-refractivity contribution in [3.63, 3.8) is 0 Å². The van der Waals surface area contributed by atoms with Gasteiger partial charge in [-0.25, -0.2) is 12.8 Å². The molecule has 0 radical (unpaired) electrons. The second-order valence-electron chi connectivity index (χ2n) is 2.70. The largest absolute Gasteiger partial charge is 0.224 e. The standard InChI is InChI=1S/C7H5BrFN3O2S/c1-15(13,14)7-3-5(9)6(11-12-10)2-4(7)8/h2-3H,1H3. The molecule has 0 amide bonds. The maximum absolute atomic E-state index is 13.2. The van der Waals surface area contributed by atoms with Gasteiger partial charge in [-0.15, -0.1) is 0 Å². The molecular formula is C7H5BrFN3O2S. The fourth-order valence-electron chi connectivity index (χ4n) is 0.927. The molecule has 0 aliphatic carbocycles. The van der Waals surface area contributed by atoms with Crippen molar-refractivity contribution in [2.45, 2.75) is 4.90 Å². The van der Waals surface area contributed by atoms with E-state index < -0.39 is 15.7 Å². The average molecular weight is 294 g/mol. The van der Waals surface area contributed by atoms with E-state index in [0.717, 1.165) is 18.4 Å². The van der Waals surface area contributed by atoms with Crippen molar-refractivity contribution in [1.29, 1.82) is 0 Å². The fraction of sp³-hybridized carbons (Fsp3) is 0.143. The summed E-state index contributed by atoms with van der Waals surface area (Å²) in [6, 6.07) is 1.93. The molecule has 5 nitrogen and oxygen atoms in total. The molecule has 0 aliphatic heterocycles. The van der Waals surface area contributed by atoms with E-state index >= 15 is 0 Å². The molecule has 0 aliphatic rings. The zero-order chi connectivity index (χ0) is 11.6. The Morgan fingerprint density at radius 3 is 2.60 bits per heavy atom. The van der Waals surface area contributed by atoms with Gasteiger partial charge in [0.25, 0.3) is 0 Å². The lowest BCUT2D eigenvalue weighted by atomic mass is 10.3. The van der Waals surface area contributed by atoms with Crippen LogP contribution in [0, 0.1) is 5.82 Å². The van der Waals surface area contributed by atoms with Crippen LogP contribution in [0.25, 0.3) is 10.4 Å². The van der Waals surface area contributed by atoms with Gasteiger partial charge in [-0.1, -0.05) is 5.11 Å². The molecule has 15 heavy (non-hydrogen) atoms. The summed E-state index contributed by atoms with van der Waals surface area (Å²) in [4.78, 5) is 2.23. The van der Waals surface area contributed by atoms with Crippen LogP contribution in [0.15, 0.2) is 26.6 Å². The highest BCUT2D eigenvalue weighted by Gasteiger charge is 2.15. The second kappa shape index (κ2) is 4.18. The first-order valence-corrected chi connectivity index (χ1v) is 6.29. The molecule has 0 unspecified atom stereocenters. The SMILES string of the molecule is CS(=O)(=O)c1cc(F)c(N=[N+]=[N-])cc1Br. The Morgan fingerprint density at radius 1 is 1.53 bits per heavy atom. The van der Waals surface area contributed by atoms with Crippen LogP contribution < -0.4 is 0 Å². The minimum atomic E-state index is -3.51. The highest BCUT2D eigenvalue weighted by atomic mass is 79.9. The van der Waals surface area contributed by atoms with E-state index in [-0.39, 0.29) is 15.1 Å². The third kappa shape index (κ3) is 2.68. The number of benzene rings is 1.